The quantitative estimate of drug-likeness (QED) is 0.814. The molecule has 1 atom stereocenters. The van der Waals surface area contributed by atoms with Crippen LogP contribution < -0.4 is 5.32 Å². The highest BCUT2D eigenvalue weighted by Gasteiger charge is 2.18. The number of rotatable bonds is 4. The first-order valence-corrected chi connectivity index (χ1v) is 4.87. The predicted molar refractivity (Wildman–Crippen MR) is 53.4 cm³/mol. The second-order valence-electron chi connectivity index (χ2n) is 3.33. The van der Waals surface area contributed by atoms with Gasteiger partial charge in [-0.25, -0.2) is 13.2 Å². The van der Waals surface area contributed by atoms with E-state index in [1.807, 2.05) is 6.92 Å². The number of alkyl halides is 2. The largest absolute Gasteiger partial charge is 0.310 e. The van der Waals surface area contributed by atoms with Gasteiger partial charge >= 0.3 is 0 Å². The molecule has 0 bridgehead atoms. The molecule has 15 heavy (non-hydrogen) atoms. The van der Waals surface area contributed by atoms with Gasteiger partial charge in [-0.05, 0) is 13.5 Å². The van der Waals surface area contributed by atoms with Gasteiger partial charge in [0.2, 0.25) is 0 Å². The number of hydrogen-bond acceptors (Lipinski definition) is 1. The zero-order chi connectivity index (χ0) is 11.4. The summed E-state index contributed by atoms with van der Waals surface area (Å²) in [6, 6.07) is 3.83. The normalized spacial score (nSPS) is 13.2. The van der Waals surface area contributed by atoms with E-state index in [9.17, 15) is 13.2 Å². The zero-order valence-corrected chi connectivity index (χ0v) is 8.73. The molecule has 0 aliphatic heterocycles. The first kappa shape index (κ1) is 12.0. The Bertz CT molecular complexity index is 326. The lowest BCUT2D eigenvalue weighted by atomic mass is 10.0. The summed E-state index contributed by atoms with van der Waals surface area (Å²) in [6.07, 6.45) is -2.77. The Hall–Kier alpha value is -1.03. The van der Waals surface area contributed by atoms with E-state index in [-0.39, 0.29) is 11.6 Å². The molecule has 0 aromatic heterocycles. The fourth-order valence-corrected chi connectivity index (χ4v) is 1.49. The summed E-state index contributed by atoms with van der Waals surface area (Å²) in [6.45, 7) is 4.29. The molecular weight excluding hydrogens is 203 g/mol. The van der Waals surface area contributed by atoms with E-state index in [1.54, 1.807) is 6.92 Å². The fourth-order valence-electron chi connectivity index (χ4n) is 1.49. The molecule has 0 saturated carbocycles. The van der Waals surface area contributed by atoms with Crippen LogP contribution >= 0.6 is 0 Å². The van der Waals surface area contributed by atoms with Crippen LogP contribution in [-0.4, -0.2) is 6.54 Å². The maximum atomic E-state index is 13.6. The van der Waals surface area contributed by atoms with E-state index in [2.05, 4.69) is 5.32 Å². The van der Waals surface area contributed by atoms with Gasteiger partial charge in [0, 0.05) is 11.6 Å². The predicted octanol–water partition coefficient (Wildman–Crippen LogP) is 3.43. The summed E-state index contributed by atoms with van der Waals surface area (Å²) in [4.78, 5) is 0. The molecule has 84 valence electrons. The van der Waals surface area contributed by atoms with Crippen LogP contribution in [0.4, 0.5) is 13.2 Å². The third kappa shape index (κ3) is 2.72. The van der Waals surface area contributed by atoms with Crippen LogP contribution in [0.1, 0.15) is 37.4 Å². The minimum atomic E-state index is -2.77. The van der Waals surface area contributed by atoms with E-state index in [4.69, 9.17) is 0 Å². The van der Waals surface area contributed by atoms with Crippen LogP contribution in [0.5, 0.6) is 0 Å². The smallest absolute Gasteiger partial charge is 0.266 e. The Kier molecular flexibility index (Phi) is 4.15. The lowest BCUT2D eigenvalue weighted by Crippen LogP contribution is -2.19. The molecule has 0 radical (unpaired) electrons. The molecule has 0 fully saturated rings. The average Bonchev–Trinajstić information content (AvgIpc) is 2.17. The second kappa shape index (κ2) is 5.16. The summed E-state index contributed by atoms with van der Waals surface area (Å²) in [5, 5.41) is 2.98. The molecule has 1 rings (SSSR count). The maximum Gasteiger partial charge on any atom is 0.266 e. The van der Waals surface area contributed by atoms with Crippen LogP contribution in [0.3, 0.4) is 0 Å². The lowest BCUT2D eigenvalue weighted by molar-refractivity contribution is 0.146. The number of halogens is 3. The Morgan fingerprint density at radius 1 is 1.27 bits per heavy atom. The van der Waals surface area contributed by atoms with Gasteiger partial charge in [-0.1, -0.05) is 25.1 Å². The summed E-state index contributed by atoms with van der Waals surface area (Å²) >= 11 is 0. The van der Waals surface area contributed by atoms with Crippen molar-refractivity contribution < 1.29 is 13.2 Å². The van der Waals surface area contributed by atoms with Gasteiger partial charge in [0.05, 0.1) is 5.56 Å². The van der Waals surface area contributed by atoms with E-state index in [0.717, 1.165) is 6.07 Å². The third-order valence-electron chi connectivity index (χ3n) is 2.27. The molecular formula is C11H14F3N. The Balaban J connectivity index is 3.03. The Labute approximate surface area is 87.3 Å². The van der Waals surface area contributed by atoms with Crippen LogP contribution in [0.25, 0.3) is 0 Å². The summed E-state index contributed by atoms with van der Waals surface area (Å²) in [5.41, 5.74) is -0.244. The van der Waals surface area contributed by atoms with Gasteiger partial charge < -0.3 is 5.32 Å². The van der Waals surface area contributed by atoms with Crippen molar-refractivity contribution in [2.24, 2.45) is 0 Å². The highest BCUT2D eigenvalue weighted by molar-refractivity contribution is 5.28. The van der Waals surface area contributed by atoms with E-state index in [1.165, 1.54) is 12.1 Å². The van der Waals surface area contributed by atoms with Crippen molar-refractivity contribution in [1.29, 1.82) is 0 Å². The van der Waals surface area contributed by atoms with Crippen molar-refractivity contribution >= 4 is 0 Å². The average molecular weight is 217 g/mol. The van der Waals surface area contributed by atoms with E-state index >= 15 is 0 Å². The van der Waals surface area contributed by atoms with Gasteiger partial charge in [-0.15, -0.1) is 0 Å². The van der Waals surface area contributed by atoms with Crippen molar-refractivity contribution in [3.63, 3.8) is 0 Å². The molecule has 1 nitrogen and oxygen atoms in total. The van der Waals surface area contributed by atoms with Gasteiger partial charge in [-0.2, -0.15) is 0 Å². The van der Waals surface area contributed by atoms with Gasteiger partial charge in [0.25, 0.3) is 6.43 Å². The van der Waals surface area contributed by atoms with Gasteiger partial charge in [0.1, 0.15) is 5.82 Å². The first-order valence-electron chi connectivity index (χ1n) is 4.87. The highest BCUT2D eigenvalue weighted by Crippen LogP contribution is 2.26. The zero-order valence-electron chi connectivity index (χ0n) is 8.73. The standard InChI is InChI=1S/C11H14F3N/c1-3-15-7(2)8-5-4-6-9(10(8)12)11(13)14/h4-7,11,15H,3H2,1-2H3/t7-/m1/s1. The minimum absolute atomic E-state index is 0.256. The Morgan fingerprint density at radius 2 is 1.87 bits per heavy atom. The molecule has 4 heteroatoms. The van der Waals surface area contributed by atoms with Crippen molar-refractivity contribution in [3.8, 4) is 0 Å². The molecule has 1 N–H and O–H groups in total. The molecule has 0 heterocycles. The first-order chi connectivity index (χ1) is 7.07. The van der Waals surface area contributed by atoms with Crippen molar-refractivity contribution in [2.75, 3.05) is 6.54 Å². The van der Waals surface area contributed by atoms with Gasteiger partial charge in [-0.3, -0.25) is 0 Å². The molecule has 0 aliphatic rings. The SMILES string of the molecule is CCN[C@H](C)c1cccc(C(F)F)c1F. The van der Waals surface area contributed by atoms with Crippen molar-refractivity contribution in [2.45, 2.75) is 26.3 Å². The van der Waals surface area contributed by atoms with Crippen LogP contribution in [0, 0.1) is 5.82 Å². The van der Waals surface area contributed by atoms with E-state index < -0.39 is 17.8 Å². The third-order valence-corrected chi connectivity index (χ3v) is 2.27. The van der Waals surface area contributed by atoms with Crippen LogP contribution in [0.2, 0.25) is 0 Å². The summed E-state index contributed by atoms with van der Waals surface area (Å²) in [7, 11) is 0. The highest BCUT2D eigenvalue weighted by atomic mass is 19.3. The van der Waals surface area contributed by atoms with Crippen LogP contribution in [0.15, 0.2) is 18.2 Å². The molecule has 0 spiro atoms. The van der Waals surface area contributed by atoms with Gasteiger partial charge in [0.15, 0.2) is 0 Å². The summed E-state index contributed by atoms with van der Waals surface area (Å²) in [5.74, 6) is -0.805. The van der Waals surface area contributed by atoms with E-state index in [0.29, 0.717) is 6.54 Å². The second-order valence-corrected chi connectivity index (χ2v) is 3.33. The molecule has 1 aromatic carbocycles. The number of nitrogens with one attached hydrogen (secondary N) is 1. The lowest BCUT2D eigenvalue weighted by Gasteiger charge is -2.15. The molecule has 0 amide bonds. The van der Waals surface area contributed by atoms with Crippen molar-refractivity contribution in [1.82, 2.24) is 5.32 Å². The van der Waals surface area contributed by atoms with Crippen LogP contribution in [-0.2, 0) is 0 Å². The molecule has 0 aliphatic carbocycles. The fraction of sp³-hybridized carbons (Fsp3) is 0.455. The molecule has 0 saturated heterocycles. The number of benzene rings is 1. The van der Waals surface area contributed by atoms with Crippen molar-refractivity contribution in [3.05, 3.63) is 35.1 Å². The summed E-state index contributed by atoms with van der Waals surface area (Å²) < 4.78 is 38.4. The Morgan fingerprint density at radius 3 is 2.40 bits per heavy atom. The number of hydrogen-bond donors (Lipinski definition) is 1. The monoisotopic (exact) mass is 217 g/mol. The molecule has 1 aromatic rings. The topological polar surface area (TPSA) is 12.0 Å². The molecule has 0 unspecified atom stereocenters. The minimum Gasteiger partial charge on any atom is -0.310 e. The maximum absolute atomic E-state index is 13.6.